The molecule has 0 saturated carbocycles. The summed E-state index contributed by atoms with van der Waals surface area (Å²) in [5.74, 6) is -0.477. The molecule has 1 aliphatic rings. The van der Waals surface area contributed by atoms with Crippen molar-refractivity contribution in [3.63, 3.8) is 0 Å². The summed E-state index contributed by atoms with van der Waals surface area (Å²) in [6.07, 6.45) is 1.61. The number of hydrogen-bond acceptors (Lipinski definition) is 6. The molecule has 0 spiro atoms. The maximum absolute atomic E-state index is 12.3. The number of carbonyl (C=O) groups is 1. The van der Waals surface area contributed by atoms with Crippen molar-refractivity contribution < 1.29 is 14.6 Å². The fourth-order valence-electron chi connectivity index (χ4n) is 3.71. The number of rotatable bonds is 7. The van der Waals surface area contributed by atoms with Gasteiger partial charge in [-0.3, -0.25) is 4.79 Å². The summed E-state index contributed by atoms with van der Waals surface area (Å²) >= 11 is 1.54. The molecular weight excluding hydrogens is 434 g/mol. The van der Waals surface area contributed by atoms with Gasteiger partial charge in [0.25, 0.3) is 5.91 Å². The summed E-state index contributed by atoms with van der Waals surface area (Å²) in [6.45, 7) is 5.51. The van der Waals surface area contributed by atoms with E-state index in [0.717, 1.165) is 41.6 Å². The van der Waals surface area contributed by atoms with Crippen LogP contribution < -0.4 is 10.2 Å². The van der Waals surface area contributed by atoms with Crippen LogP contribution in [0.2, 0.25) is 0 Å². The van der Waals surface area contributed by atoms with Crippen molar-refractivity contribution in [2.45, 2.75) is 6.92 Å². The SMILES string of the molecule is CC(CO)CNC(=O)/C(C#N)=C/c1ccc(-c2ccc3cc(N4CCOCC4)ccc3c2)s1. The van der Waals surface area contributed by atoms with Crippen molar-refractivity contribution in [2.75, 3.05) is 44.4 Å². The first kappa shape index (κ1) is 23.0. The third kappa shape index (κ3) is 5.60. The third-order valence-corrected chi connectivity index (χ3v) is 6.77. The fraction of sp³-hybridized carbons (Fsp3) is 0.308. The van der Waals surface area contributed by atoms with Crippen LogP contribution in [0.5, 0.6) is 0 Å². The van der Waals surface area contributed by atoms with E-state index in [9.17, 15) is 10.1 Å². The summed E-state index contributed by atoms with van der Waals surface area (Å²) in [5, 5.41) is 23.6. The van der Waals surface area contributed by atoms with Crippen LogP contribution in [-0.4, -0.2) is 50.5 Å². The Bertz CT molecular complexity index is 1200. The first-order chi connectivity index (χ1) is 16.1. The molecule has 1 aliphatic heterocycles. The lowest BCUT2D eigenvalue weighted by molar-refractivity contribution is -0.117. The first-order valence-corrected chi connectivity index (χ1v) is 11.9. The van der Waals surface area contributed by atoms with Gasteiger partial charge in [0.1, 0.15) is 11.6 Å². The normalized spacial score (nSPS) is 15.3. The van der Waals surface area contributed by atoms with Gasteiger partial charge in [-0.05, 0) is 58.7 Å². The highest BCUT2D eigenvalue weighted by Gasteiger charge is 2.13. The molecule has 1 fully saturated rings. The number of aliphatic hydroxyl groups excluding tert-OH is 1. The van der Waals surface area contributed by atoms with Gasteiger partial charge in [-0.25, -0.2) is 0 Å². The number of hydrogen-bond donors (Lipinski definition) is 2. The molecule has 1 aromatic heterocycles. The van der Waals surface area contributed by atoms with Crippen LogP contribution in [0.4, 0.5) is 5.69 Å². The number of carbonyl (C=O) groups excluding carboxylic acids is 1. The van der Waals surface area contributed by atoms with Crippen molar-refractivity contribution in [3.8, 4) is 16.5 Å². The van der Waals surface area contributed by atoms with Gasteiger partial charge < -0.3 is 20.1 Å². The number of nitriles is 1. The van der Waals surface area contributed by atoms with Gasteiger partial charge >= 0.3 is 0 Å². The number of fused-ring (bicyclic) bond motifs is 1. The molecule has 1 unspecified atom stereocenters. The zero-order valence-corrected chi connectivity index (χ0v) is 19.4. The highest BCUT2D eigenvalue weighted by Crippen LogP contribution is 2.32. The molecule has 0 radical (unpaired) electrons. The van der Waals surface area contributed by atoms with Crippen molar-refractivity contribution in [1.29, 1.82) is 5.26 Å². The molecule has 170 valence electrons. The maximum atomic E-state index is 12.3. The van der Waals surface area contributed by atoms with Crippen LogP contribution in [0.3, 0.4) is 0 Å². The quantitative estimate of drug-likeness (QED) is 0.409. The van der Waals surface area contributed by atoms with Gasteiger partial charge in [0.15, 0.2) is 0 Å². The zero-order chi connectivity index (χ0) is 23.2. The van der Waals surface area contributed by atoms with Gasteiger partial charge in [0, 0.05) is 41.7 Å². The highest BCUT2D eigenvalue weighted by molar-refractivity contribution is 7.16. The third-order valence-electron chi connectivity index (χ3n) is 5.69. The molecule has 0 aliphatic carbocycles. The van der Waals surface area contributed by atoms with Gasteiger partial charge in [0.05, 0.1) is 13.2 Å². The van der Waals surface area contributed by atoms with Crippen LogP contribution in [0, 0.1) is 17.2 Å². The lowest BCUT2D eigenvalue weighted by atomic mass is 10.0. The topological polar surface area (TPSA) is 85.6 Å². The van der Waals surface area contributed by atoms with Gasteiger partial charge in [0.2, 0.25) is 0 Å². The predicted octanol–water partition coefficient (Wildman–Crippen LogP) is 4.06. The van der Waals surface area contributed by atoms with Crippen molar-refractivity contribution in [2.24, 2.45) is 5.92 Å². The van der Waals surface area contributed by atoms with Crippen LogP contribution in [0.15, 0.2) is 54.1 Å². The van der Waals surface area contributed by atoms with Crippen LogP contribution in [-0.2, 0) is 9.53 Å². The maximum Gasteiger partial charge on any atom is 0.261 e. The Hall–Kier alpha value is -3.18. The average Bonchev–Trinajstić information content (AvgIpc) is 3.34. The number of morpholine rings is 1. The smallest absolute Gasteiger partial charge is 0.261 e. The highest BCUT2D eigenvalue weighted by atomic mass is 32.1. The van der Waals surface area contributed by atoms with Crippen LogP contribution in [0.25, 0.3) is 27.3 Å². The minimum Gasteiger partial charge on any atom is -0.396 e. The molecule has 1 atom stereocenters. The molecule has 2 N–H and O–H groups in total. The number of ether oxygens (including phenoxy) is 1. The van der Waals surface area contributed by atoms with Gasteiger partial charge in [-0.2, -0.15) is 5.26 Å². The van der Waals surface area contributed by atoms with Crippen LogP contribution >= 0.6 is 11.3 Å². The van der Waals surface area contributed by atoms with E-state index in [1.807, 2.05) is 25.1 Å². The Balaban J connectivity index is 1.51. The lowest BCUT2D eigenvalue weighted by Crippen LogP contribution is -2.36. The molecule has 1 saturated heterocycles. The van der Waals surface area contributed by atoms with E-state index in [-0.39, 0.29) is 18.1 Å². The number of aliphatic hydroxyl groups is 1. The Morgan fingerprint density at radius 1 is 1.21 bits per heavy atom. The molecule has 7 heteroatoms. The second-order valence-corrected chi connectivity index (χ2v) is 9.33. The minimum absolute atomic E-state index is 0.0134. The van der Waals surface area contributed by atoms with Gasteiger partial charge in [-0.1, -0.05) is 25.1 Å². The number of nitrogens with one attached hydrogen (secondary N) is 1. The Morgan fingerprint density at radius 2 is 1.97 bits per heavy atom. The molecule has 0 bridgehead atoms. The van der Waals surface area contributed by atoms with E-state index in [1.165, 1.54) is 16.5 Å². The van der Waals surface area contributed by atoms with E-state index in [0.29, 0.717) is 6.54 Å². The Labute approximate surface area is 197 Å². The van der Waals surface area contributed by atoms with Crippen molar-refractivity contribution >= 4 is 39.8 Å². The first-order valence-electron chi connectivity index (χ1n) is 11.0. The van der Waals surface area contributed by atoms with E-state index in [2.05, 4.69) is 46.6 Å². The summed E-state index contributed by atoms with van der Waals surface area (Å²) in [5.41, 5.74) is 2.38. The minimum atomic E-state index is -0.422. The molecule has 1 amide bonds. The lowest BCUT2D eigenvalue weighted by Gasteiger charge is -2.29. The van der Waals surface area contributed by atoms with E-state index in [4.69, 9.17) is 9.84 Å². The average molecular weight is 462 g/mol. The summed E-state index contributed by atoms with van der Waals surface area (Å²) in [4.78, 5) is 16.5. The van der Waals surface area contributed by atoms with Gasteiger partial charge in [-0.15, -0.1) is 11.3 Å². The van der Waals surface area contributed by atoms with E-state index < -0.39 is 5.91 Å². The second-order valence-electron chi connectivity index (χ2n) is 8.22. The Kier molecular flexibility index (Phi) is 7.40. The summed E-state index contributed by atoms with van der Waals surface area (Å²) in [6, 6.07) is 18.9. The largest absolute Gasteiger partial charge is 0.396 e. The monoisotopic (exact) mass is 461 g/mol. The molecule has 6 nitrogen and oxygen atoms in total. The van der Waals surface area contributed by atoms with Crippen molar-refractivity contribution in [1.82, 2.24) is 5.32 Å². The summed E-state index contributed by atoms with van der Waals surface area (Å²) < 4.78 is 5.45. The second kappa shape index (κ2) is 10.6. The number of thiophene rings is 1. The van der Waals surface area contributed by atoms with Crippen LogP contribution in [0.1, 0.15) is 11.8 Å². The molecule has 4 rings (SSSR count). The standard InChI is InChI=1S/C26H27N3O3S/c1-18(17-30)16-28-26(31)22(15-27)14-24-6-7-25(33-24)21-3-2-20-13-23(5-4-19(20)12-21)29-8-10-32-11-9-29/h2-7,12-14,18,30H,8-11,16-17H2,1H3,(H,28,31)/b22-14+. The number of amides is 1. The van der Waals surface area contributed by atoms with E-state index in [1.54, 1.807) is 17.4 Å². The predicted molar refractivity (Wildman–Crippen MR) is 133 cm³/mol. The molecular formula is C26H27N3O3S. The molecule has 2 aromatic carbocycles. The molecule has 3 aromatic rings. The number of anilines is 1. The molecule has 33 heavy (non-hydrogen) atoms. The fourth-order valence-corrected chi connectivity index (χ4v) is 4.66. The zero-order valence-electron chi connectivity index (χ0n) is 18.6. The number of nitrogens with zero attached hydrogens (tertiary/aromatic N) is 2. The molecule has 2 heterocycles. The number of benzene rings is 2. The van der Waals surface area contributed by atoms with E-state index >= 15 is 0 Å². The van der Waals surface area contributed by atoms with Crippen molar-refractivity contribution in [3.05, 3.63) is 59.0 Å². The summed E-state index contributed by atoms with van der Waals surface area (Å²) in [7, 11) is 0. The Morgan fingerprint density at radius 3 is 2.73 bits per heavy atom.